The van der Waals surface area contributed by atoms with Gasteiger partial charge in [0, 0.05) is 32.8 Å². The highest BCUT2D eigenvalue weighted by atomic mass is 32.2. The van der Waals surface area contributed by atoms with Gasteiger partial charge >= 0.3 is 0 Å². The summed E-state index contributed by atoms with van der Waals surface area (Å²) in [5.41, 5.74) is 0. The van der Waals surface area contributed by atoms with Crippen LogP contribution in [-0.4, -0.2) is 57.3 Å². The average Bonchev–Trinajstić information content (AvgIpc) is 2.42. The van der Waals surface area contributed by atoms with Crippen molar-refractivity contribution in [3.8, 4) is 0 Å². The largest absolute Gasteiger partial charge is 0.395 e. The Morgan fingerprint density at radius 1 is 1.32 bits per heavy atom. The number of hydrogen-bond acceptors (Lipinski definition) is 4. The van der Waals surface area contributed by atoms with Crippen LogP contribution >= 0.6 is 0 Å². The number of nitrogens with zero attached hydrogens (tertiary/aromatic N) is 1. The number of methoxy groups -OCH3 is 1. The number of hydrogen-bond donors (Lipinski definition) is 2. The molecule has 1 saturated heterocycles. The summed E-state index contributed by atoms with van der Waals surface area (Å²) in [7, 11) is -1.78. The van der Waals surface area contributed by atoms with Crippen molar-refractivity contribution in [1.29, 1.82) is 0 Å². The van der Waals surface area contributed by atoms with Crippen molar-refractivity contribution in [3.63, 3.8) is 0 Å². The number of rotatable bonds is 9. The predicted octanol–water partition coefficient (Wildman–Crippen LogP) is 0.484. The second kappa shape index (κ2) is 8.86. The minimum Gasteiger partial charge on any atom is -0.395 e. The molecule has 0 aromatic rings. The van der Waals surface area contributed by atoms with Gasteiger partial charge in [-0.25, -0.2) is 4.72 Å². The van der Waals surface area contributed by atoms with E-state index in [-0.39, 0.29) is 12.6 Å². The van der Waals surface area contributed by atoms with Gasteiger partial charge < -0.3 is 9.84 Å². The molecule has 1 aliphatic heterocycles. The number of nitrogens with one attached hydrogen (secondary N) is 1. The van der Waals surface area contributed by atoms with Crippen molar-refractivity contribution in [3.05, 3.63) is 0 Å². The first-order valence-electron chi connectivity index (χ1n) is 6.98. The highest BCUT2D eigenvalue weighted by molar-refractivity contribution is 7.87. The molecule has 1 heterocycles. The summed E-state index contributed by atoms with van der Waals surface area (Å²) in [6.07, 6.45) is 5.28. The molecule has 0 saturated carbocycles. The zero-order valence-corrected chi connectivity index (χ0v) is 12.5. The van der Waals surface area contributed by atoms with Crippen molar-refractivity contribution >= 4 is 10.2 Å². The molecule has 1 fully saturated rings. The number of aliphatic hydroxyl groups excluding tert-OH is 1. The number of piperidine rings is 1. The lowest BCUT2D eigenvalue weighted by molar-refractivity contribution is 0.154. The maximum atomic E-state index is 12.1. The first-order valence-corrected chi connectivity index (χ1v) is 8.42. The molecule has 1 rings (SSSR count). The summed E-state index contributed by atoms with van der Waals surface area (Å²) in [5, 5.41) is 9.25. The van der Waals surface area contributed by atoms with Crippen molar-refractivity contribution in [2.24, 2.45) is 0 Å². The Labute approximate surface area is 116 Å². The Morgan fingerprint density at radius 3 is 2.79 bits per heavy atom. The molecule has 0 radical (unpaired) electrons. The van der Waals surface area contributed by atoms with Crippen molar-refractivity contribution in [2.45, 2.75) is 44.6 Å². The normalized spacial score (nSPS) is 21.7. The quantitative estimate of drug-likeness (QED) is 0.606. The summed E-state index contributed by atoms with van der Waals surface area (Å²) >= 11 is 0. The van der Waals surface area contributed by atoms with E-state index < -0.39 is 10.2 Å². The van der Waals surface area contributed by atoms with E-state index in [1.54, 1.807) is 7.11 Å². The molecule has 1 aliphatic rings. The monoisotopic (exact) mass is 294 g/mol. The Bertz CT molecular complexity index is 335. The van der Waals surface area contributed by atoms with Crippen LogP contribution in [0.1, 0.15) is 38.5 Å². The molecule has 0 spiro atoms. The van der Waals surface area contributed by atoms with Crippen molar-refractivity contribution in [1.82, 2.24) is 9.03 Å². The SMILES string of the molecule is COCCCCCNS(=O)(=O)N1CCCCC1CO. The molecular formula is C12H26N2O4S. The Morgan fingerprint density at radius 2 is 2.11 bits per heavy atom. The highest BCUT2D eigenvalue weighted by Crippen LogP contribution is 2.19. The van der Waals surface area contributed by atoms with Crippen LogP contribution in [0.15, 0.2) is 0 Å². The van der Waals surface area contributed by atoms with Crippen LogP contribution in [0.2, 0.25) is 0 Å². The van der Waals surface area contributed by atoms with Gasteiger partial charge in [0.25, 0.3) is 10.2 Å². The standard InChI is InChI=1S/C12H26N2O4S/c1-18-10-6-2-4-8-13-19(16,17)14-9-5-3-7-12(14)11-15/h12-13,15H,2-11H2,1H3. The molecule has 0 aliphatic carbocycles. The second-order valence-electron chi connectivity index (χ2n) is 4.90. The predicted molar refractivity (Wildman–Crippen MR) is 74.1 cm³/mol. The van der Waals surface area contributed by atoms with Crippen molar-refractivity contribution < 1.29 is 18.3 Å². The third-order valence-electron chi connectivity index (χ3n) is 3.40. The fraction of sp³-hybridized carbons (Fsp3) is 1.00. The van der Waals surface area contributed by atoms with Gasteiger partial charge in [0.2, 0.25) is 0 Å². The first kappa shape index (κ1) is 16.8. The van der Waals surface area contributed by atoms with E-state index in [9.17, 15) is 13.5 Å². The second-order valence-corrected chi connectivity index (χ2v) is 6.60. The van der Waals surface area contributed by atoms with Crippen LogP contribution in [0.4, 0.5) is 0 Å². The van der Waals surface area contributed by atoms with Gasteiger partial charge in [-0.3, -0.25) is 0 Å². The fourth-order valence-corrected chi connectivity index (χ4v) is 3.81. The lowest BCUT2D eigenvalue weighted by Crippen LogP contribution is -2.50. The molecular weight excluding hydrogens is 268 g/mol. The van der Waals surface area contributed by atoms with Gasteiger partial charge in [-0.15, -0.1) is 0 Å². The first-order chi connectivity index (χ1) is 9.11. The smallest absolute Gasteiger partial charge is 0.279 e. The molecule has 0 bridgehead atoms. The number of unbranched alkanes of at least 4 members (excludes halogenated alkanes) is 2. The molecule has 0 aromatic carbocycles. The summed E-state index contributed by atoms with van der Waals surface area (Å²) in [4.78, 5) is 0. The van der Waals surface area contributed by atoms with Gasteiger partial charge in [0.05, 0.1) is 6.61 Å². The lowest BCUT2D eigenvalue weighted by Gasteiger charge is -2.33. The molecule has 6 nitrogen and oxygen atoms in total. The van der Waals surface area contributed by atoms with E-state index in [0.717, 1.165) is 38.5 Å². The minimum atomic E-state index is -3.45. The topological polar surface area (TPSA) is 78.9 Å². The maximum Gasteiger partial charge on any atom is 0.279 e. The van der Waals surface area contributed by atoms with Gasteiger partial charge in [-0.05, 0) is 32.1 Å². The molecule has 114 valence electrons. The fourth-order valence-electron chi connectivity index (χ4n) is 2.31. The zero-order valence-electron chi connectivity index (χ0n) is 11.7. The van der Waals surface area contributed by atoms with Gasteiger partial charge in [-0.2, -0.15) is 12.7 Å². The summed E-state index contributed by atoms with van der Waals surface area (Å²) in [5.74, 6) is 0. The molecule has 19 heavy (non-hydrogen) atoms. The molecule has 1 atom stereocenters. The van der Waals surface area contributed by atoms with Gasteiger partial charge in [0.1, 0.15) is 0 Å². The Kier molecular flexibility index (Phi) is 7.86. The van der Waals surface area contributed by atoms with Crippen LogP contribution < -0.4 is 4.72 Å². The zero-order chi connectivity index (χ0) is 14.1. The minimum absolute atomic E-state index is 0.102. The molecule has 0 aromatic heterocycles. The van der Waals surface area contributed by atoms with Gasteiger partial charge in [0.15, 0.2) is 0 Å². The van der Waals surface area contributed by atoms with E-state index in [4.69, 9.17) is 4.74 Å². The van der Waals surface area contributed by atoms with E-state index in [1.807, 2.05) is 0 Å². The third-order valence-corrected chi connectivity index (χ3v) is 5.07. The number of ether oxygens (including phenoxy) is 1. The highest BCUT2D eigenvalue weighted by Gasteiger charge is 2.31. The van der Waals surface area contributed by atoms with E-state index in [2.05, 4.69) is 4.72 Å². The average molecular weight is 294 g/mol. The summed E-state index contributed by atoms with van der Waals surface area (Å²) in [6, 6.07) is -0.264. The van der Waals surface area contributed by atoms with Crippen LogP contribution in [0, 0.1) is 0 Å². The van der Waals surface area contributed by atoms with E-state index >= 15 is 0 Å². The molecule has 7 heteroatoms. The van der Waals surface area contributed by atoms with Gasteiger partial charge in [-0.1, -0.05) is 6.42 Å². The van der Waals surface area contributed by atoms with Crippen LogP contribution in [0.3, 0.4) is 0 Å². The van der Waals surface area contributed by atoms with Crippen LogP contribution in [0.5, 0.6) is 0 Å². The Balaban J connectivity index is 2.33. The van der Waals surface area contributed by atoms with Crippen LogP contribution in [0.25, 0.3) is 0 Å². The number of aliphatic hydroxyl groups is 1. The third kappa shape index (κ3) is 5.74. The molecule has 0 amide bonds. The summed E-state index contributed by atoms with van der Waals surface area (Å²) < 4.78 is 33.2. The summed E-state index contributed by atoms with van der Waals surface area (Å²) in [6.45, 7) is 1.56. The molecule has 1 unspecified atom stereocenters. The lowest BCUT2D eigenvalue weighted by atomic mass is 10.1. The molecule has 2 N–H and O–H groups in total. The Hall–Kier alpha value is -0.210. The van der Waals surface area contributed by atoms with Crippen LogP contribution in [-0.2, 0) is 14.9 Å². The van der Waals surface area contributed by atoms with E-state index in [0.29, 0.717) is 19.7 Å². The van der Waals surface area contributed by atoms with Crippen molar-refractivity contribution in [2.75, 3.05) is 33.4 Å². The van der Waals surface area contributed by atoms with E-state index in [1.165, 1.54) is 4.31 Å². The maximum absolute atomic E-state index is 12.1.